The van der Waals surface area contributed by atoms with Crippen LogP contribution in [0.25, 0.3) is 0 Å². The summed E-state index contributed by atoms with van der Waals surface area (Å²) in [4.78, 5) is 35.2. The summed E-state index contributed by atoms with van der Waals surface area (Å²) >= 11 is 1.60. The Hall–Kier alpha value is -1.43. The first-order chi connectivity index (χ1) is 11.2. The summed E-state index contributed by atoms with van der Waals surface area (Å²) in [6, 6.07) is 4.09. The number of nitrogens with one attached hydrogen (secondary N) is 2. The van der Waals surface area contributed by atoms with Gasteiger partial charge in [0.05, 0.1) is 11.1 Å². The van der Waals surface area contributed by atoms with Crippen molar-refractivity contribution >= 4 is 37.5 Å². The summed E-state index contributed by atoms with van der Waals surface area (Å²) in [5.41, 5.74) is -0.0170. The fourth-order valence-electron chi connectivity index (χ4n) is 2.32. The topological polar surface area (TPSA) is 95.5 Å². The first kappa shape index (κ1) is 20.6. The van der Waals surface area contributed by atoms with Crippen molar-refractivity contribution in [2.24, 2.45) is 5.41 Å². The zero-order chi connectivity index (χ0) is 18.3. The summed E-state index contributed by atoms with van der Waals surface area (Å²) < 4.78 is 0. The summed E-state index contributed by atoms with van der Waals surface area (Å²) in [5.74, 6) is -1.13. The van der Waals surface area contributed by atoms with E-state index in [0.717, 1.165) is 5.75 Å². The van der Waals surface area contributed by atoms with Crippen LogP contribution in [0, 0.1) is 5.41 Å². The molecule has 6 nitrogen and oxygen atoms in total. The molecule has 0 radical (unpaired) electrons. The second-order valence-corrected chi connectivity index (χ2v) is 7.58. The monoisotopic (exact) mass is 370 g/mol. The molecule has 0 aliphatic heterocycles. The number of carboxylic acid groups (broad SMARTS) is 1. The van der Waals surface area contributed by atoms with Crippen LogP contribution in [0.2, 0.25) is 0 Å². The number of carbonyl (C=O) groups is 3. The molecule has 2 atom stereocenters. The van der Waals surface area contributed by atoms with Crippen molar-refractivity contribution in [1.82, 2.24) is 10.6 Å². The Morgan fingerprint density at radius 2 is 1.92 bits per heavy atom. The fraction of sp³-hybridized carbons (Fsp3) is 0.438. The van der Waals surface area contributed by atoms with Crippen LogP contribution in [0.15, 0.2) is 18.2 Å². The number of rotatable bonds is 9. The summed E-state index contributed by atoms with van der Waals surface area (Å²) in [7, 11) is 4.43. The number of amides is 1. The number of aromatic carboxylic acids is 1. The predicted molar refractivity (Wildman–Crippen MR) is 99.9 cm³/mol. The largest absolute Gasteiger partial charge is 0.478 e. The average Bonchev–Trinajstić information content (AvgIpc) is 2.52. The molecule has 132 valence electrons. The van der Waals surface area contributed by atoms with Crippen LogP contribution >= 0.6 is 19.8 Å². The highest BCUT2D eigenvalue weighted by molar-refractivity contribution is 8.43. The van der Waals surface area contributed by atoms with Crippen molar-refractivity contribution < 1.29 is 19.5 Å². The standard InChI is InChI=1S/C16H23N2O4PS/c1-10(19)11-4-5-12(13(6-11)15(21)22)14(20)18-8-16(2,7-17-3)9-24-23/h4-6,17H,7-9,23H2,1-3H3,(H,18,20)(H,21,22). The number of carbonyl (C=O) groups excluding carboxylic acids is 2. The highest BCUT2D eigenvalue weighted by Crippen LogP contribution is 2.25. The van der Waals surface area contributed by atoms with Crippen LogP contribution in [-0.4, -0.2) is 48.7 Å². The van der Waals surface area contributed by atoms with Crippen LogP contribution in [0.4, 0.5) is 0 Å². The van der Waals surface area contributed by atoms with Gasteiger partial charge >= 0.3 is 5.97 Å². The summed E-state index contributed by atoms with van der Waals surface area (Å²) in [5, 5.41) is 15.2. The SMILES string of the molecule is CNCC(C)(CNC(=O)c1ccc(C(C)=O)cc1C(=O)O)CSP. The van der Waals surface area contributed by atoms with Gasteiger partial charge in [-0.1, -0.05) is 21.4 Å². The maximum absolute atomic E-state index is 12.4. The van der Waals surface area contributed by atoms with E-state index in [9.17, 15) is 19.5 Å². The molecule has 3 N–H and O–H groups in total. The van der Waals surface area contributed by atoms with E-state index in [4.69, 9.17) is 0 Å². The quantitative estimate of drug-likeness (QED) is 0.455. The molecule has 0 aromatic heterocycles. The van der Waals surface area contributed by atoms with Gasteiger partial charge in [-0.2, -0.15) is 0 Å². The van der Waals surface area contributed by atoms with Gasteiger partial charge in [0.1, 0.15) is 0 Å². The highest BCUT2D eigenvalue weighted by Gasteiger charge is 2.25. The molecule has 1 aromatic rings. The van der Waals surface area contributed by atoms with Gasteiger partial charge in [0.2, 0.25) is 0 Å². The number of hydrogen-bond acceptors (Lipinski definition) is 5. The van der Waals surface area contributed by atoms with Crippen LogP contribution in [-0.2, 0) is 0 Å². The van der Waals surface area contributed by atoms with Crippen molar-refractivity contribution in [3.05, 3.63) is 34.9 Å². The Morgan fingerprint density at radius 1 is 1.25 bits per heavy atom. The van der Waals surface area contributed by atoms with E-state index in [2.05, 4.69) is 19.1 Å². The zero-order valence-corrected chi connectivity index (χ0v) is 16.0. The average molecular weight is 370 g/mol. The molecule has 0 bridgehead atoms. The summed E-state index contributed by atoms with van der Waals surface area (Å²) in [6.45, 7) is 4.51. The first-order valence-corrected chi connectivity index (χ1v) is 9.83. The van der Waals surface area contributed by atoms with Gasteiger partial charge in [0, 0.05) is 29.8 Å². The van der Waals surface area contributed by atoms with E-state index in [1.165, 1.54) is 25.1 Å². The third-order valence-corrected chi connectivity index (χ3v) is 4.98. The first-order valence-electron chi connectivity index (χ1n) is 7.37. The lowest BCUT2D eigenvalue weighted by atomic mass is 9.92. The van der Waals surface area contributed by atoms with Gasteiger partial charge in [-0.3, -0.25) is 9.59 Å². The number of ketones is 1. The minimum absolute atomic E-state index is 0.0536. The molecule has 0 spiro atoms. The number of carboxylic acids is 1. The molecule has 0 aliphatic carbocycles. The maximum atomic E-state index is 12.4. The lowest BCUT2D eigenvalue weighted by Gasteiger charge is -2.28. The molecule has 1 aromatic carbocycles. The van der Waals surface area contributed by atoms with Crippen LogP contribution in [0.5, 0.6) is 0 Å². The van der Waals surface area contributed by atoms with Crippen molar-refractivity contribution in [2.75, 3.05) is 25.9 Å². The maximum Gasteiger partial charge on any atom is 0.336 e. The van der Waals surface area contributed by atoms with Gasteiger partial charge in [-0.25, -0.2) is 4.79 Å². The molecular weight excluding hydrogens is 347 g/mol. The zero-order valence-electron chi connectivity index (χ0n) is 14.0. The van der Waals surface area contributed by atoms with Gasteiger partial charge in [-0.05, 0) is 26.1 Å². The van der Waals surface area contributed by atoms with E-state index in [1.807, 2.05) is 14.0 Å². The lowest BCUT2D eigenvalue weighted by molar-refractivity contribution is 0.0690. The molecule has 0 saturated heterocycles. The lowest BCUT2D eigenvalue weighted by Crippen LogP contribution is -2.43. The van der Waals surface area contributed by atoms with Gasteiger partial charge in [-0.15, -0.1) is 11.4 Å². The Bertz CT molecular complexity index is 631. The molecule has 0 aliphatic rings. The molecule has 2 unspecified atom stereocenters. The van der Waals surface area contributed by atoms with Crippen molar-refractivity contribution in [3.63, 3.8) is 0 Å². The second kappa shape index (κ2) is 9.16. The van der Waals surface area contributed by atoms with Gasteiger partial charge in [0.15, 0.2) is 5.78 Å². The molecule has 0 saturated carbocycles. The van der Waals surface area contributed by atoms with Crippen LogP contribution < -0.4 is 10.6 Å². The fourth-order valence-corrected chi connectivity index (χ4v) is 4.13. The summed E-state index contributed by atoms with van der Waals surface area (Å²) in [6.07, 6.45) is 0. The van der Waals surface area contributed by atoms with Crippen LogP contribution in [0.1, 0.15) is 44.9 Å². The van der Waals surface area contributed by atoms with Crippen molar-refractivity contribution in [2.45, 2.75) is 13.8 Å². The van der Waals surface area contributed by atoms with Crippen molar-refractivity contribution in [1.29, 1.82) is 0 Å². The van der Waals surface area contributed by atoms with E-state index in [0.29, 0.717) is 13.1 Å². The molecule has 0 heterocycles. The third kappa shape index (κ3) is 5.58. The van der Waals surface area contributed by atoms with E-state index in [-0.39, 0.29) is 27.9 Å². The van der Waals surface area contributed by atoms with Gasteiger partial charge in [0.25, 0.3) is 5.91 Å². The Morgan fingerprint density at radius 3 is 2.42 bits per heavy atom. The highest BCUT2D eigenvalue weighted by atomic mass is 32.7. The van der Waals surface area contributed by atoms with Crippen molar-refractivity contribution in [3.8, 4) is 0 Å². The van der Waals surface area contributed by atoms with E-state index >= 15 is 0 Å². The Labute approximate surface area is 148 Å². The molecule has 1 amide bonds. The second-order valence-electron chi connectivity index (χ2n) is 5.96. The minimum atomic E-state index is -1.23. The predicted octanol–water partition coefficient (Wildman–Crippen LogP) is 2.07. The number of hydrogen-bond donors (Lipinski definition) is 3. The molecular formula is C16H23N2O4PS. The molecule has 8 heteroatoms. The Balaban J connectivity index is 2.98. The normalized spacial score (nSPS) is 13.2. The van der Waals surface area contributed by atoms with Gasteiger partial charge < -0.3 is 15.7 Å². The molecule has 24 heavy (non-hydrogen) atoms. The number of Topliss-reactive ketones (excluding diaryl/α,β-unsaturated/α-hetero) is 1. The smallest absolute Gasteiger partial charge is 0.336 e. The number of benzene rings is 1. The van der Waals surface area contributed by atoms with Crippen LogP contribution in [0.3, 0.4) is 0 Å². The van der Waals surface area contributed by atoms with E-state index in [1.54, 1.807) is 11.4 Å². The van der Waals surface area contributed by atoms with E-state index < -0.39 is 11.9 Å². The minimum Gasteiger partial charge on any atom is -0.478 e. The molecule has 0 fully saturated rings. The Kier molecular flexibility index (Phi) is 7.87. The molecule has 1 rings (SSSR count). The third-order valence-electron chi connectivity index (χ3n) is 3.61.